The maximum Gasteiger partial charge on any atom is 0.211 e. The van der Waals surface area contributed by atoms with Gasteiger partial charge in [0.1, 0.15) is 0 Å². The Morgan fingerprint density at radius 1 is 1.07 bits per heavy atom. The highest BCUT2D eigenvalue weighted by molar-refractivity contribution is 7.89. The number of benzene rings is 2. The molecular formula is C21H27N3O2S. The minimum atomic E-state index is -3.27. The van der Waals surface area contributed by atoms with Crippen LogP contribution in [-0.2, 0) is 10.0 Å². The van der Waals surface area contributed by atoms with E-state index in [1.807, 2.05) is 45.4 Å². The Balaban J connectivity index is 1.98. The highest BCUT2D eigenvalue weighted by Gasteiger charge is 2.20. The van der Waals surface area contributed by atoms with Crippen LogP contribution in [0.25, 0.3) is 10.9 Å². The summed E-state index contributed by atoms with van der Waals surface area (Å²) in [7, 11) is 0.741. The number of rotatable bonds is 8. The van der Waals surface area contributed by atoms with Crippen LogP contribution in [0.15, 0.2) is 54.7 Å². The summed E-state index contributed by atoms with van der Waals surface area (Å²) in [6, 6.07) is 16.4. The number of anilines is 1. The molecule has 2 aromatic carbocycles. The molecular weight excluding hydrogens is 358 g/mol. The second-order valence-corrected chi connectivity index (χ2v) is 8.92. The first-order chi connectivity index (χ1) is 12.9. The van der Waals surface area contributed by atoms with E-state index in [1.54, 1.807) is 0 Å². The molecule has 0 amide bonds. The molecule has 0 radical (unpaired) electrons. The summed E-state index contributed by atoms with van der Waals surface area (Å²) in [5.74, 6) is 0.0803. The Hall–Kier alpha value is -2.31. The molecule has 0 saturated heterocycles. The van der Waals surface area contributed by atoms with Crippen molar-refractivity contribution in [2.45, 2.75) is 19.3 Å². The molecule has 1 unspecified atom stereocenters. The van der Waals surface area contributed by atoms with Crippen molar-refractivity contribution >= 4 is 26.6 Å². The van der Waals surface area contributed by atoms with E-state index in [9.17, 15) is 8.42 Å². The van der Waals surface area contributed by atoms with Crippen LogP contribution in [0.2, 0.25) is 0 Å². The van der Waals surface area contributed by atoms with Gasteiger partial charge in [0.25, 0.3) is 0 Å². The molecule has 6 heteroatoms. The summed E-state index contributed by atoms with van der Waals surface area (Å²) >= 11 is 0. The summed E-state index contributed by atoms with van der Waals surface area (Å²) in [5, 5.41) is 1.12. The monoisotopic (exact) mass is 385 g/mol. The zero-order valence-electron chi connectivity index (χ0n) is 16.1. The lowest BCUT2D eigenvalue weighted by molar-refractivity contribution is 0.576. The van der Waals surface area contributed by atoms with Gasteiger partial charge in [-0.05, 0) is 35.7 Å². The predicted molar refractivity (Wildman–Crippen MR) is 113 cm³/mol. The summed E-state index contributed by atoms with van der Waals surface area (Å²) in [6.07, 6.45) is 2.59. The summed E-state index contributed by atoms with van der Waals surface area (Å²) in [6.45, 7) is 2.21. The van der Waals surface area contributed by atoms with E-state index in [0.29, 0.717) is 13.0 Å². The fraction of sp³-hybridized carbons (Fsp3) is 0.333. The fourth-order valence-electron chi connectivity index (χ4n) is 3.35. The molecule has 0 saturated carbocycles. The molecule has 144 valence electrons. The van der Waals surface area contributed by atoms with Crippen molar-refractivity contribution in [2.24, 2.45) is 0 Å². The molecule has 1 atom stereocenters. The van der Waals surface area contributed by atoms with Gasteiger partial charge < -0.3 is 9.88 Å². The third kappa shape index (κ3) is 4.51. The molecule has 1 heterocycles. The van der Waals surface area contributed by atoms with Gasteiger partial charge in [-0.15, -0.1) is 0 Å². The lowest BCUT2D eigenvalue weighted by Gasteiger charge is -2.20. The van der Waals surface area contributed by atoms with Crippen molar-refractivity contribution in [1.82, 2.24) is 9.71 Å². The zero-order chi connectivity index (χ0) is 19.4. The first kappa shape index (κ1) is 19.5. The molecule has 0 spiro atoms. The van der Waals surface area contributed by atoms with Crippen LogP contribution < -0.4 is 9.62 Å². The summed E-state index contributed by atoms with van der Waals surface area (Å²) in [4.78, 5) is 5.35. The van der Waals surface area contributed by atoms with Gasteiger partial charge in [-0.1, -0.05) is 37.3 Å². The van der Waals surface area contributed by atoms with Gasteiger partial charge in [0, 0.05) is 49.3 Å². The molecule has 0 aliphatic rings. The van der Waals surface area contributed by atoms with Crippen molar-refractivity contribution in [1.29, 1.82) is 0 Å². The van der Waals surface area contributed by atoms with Crippen LogP contribution in [0.1, 0.15) is 30.4 Å². The Labute approximate surface area is 161 Å². The number of aromatic amines is 1. The maximum atomic E-state index is 12.2. The minimum Gasteiger partial charge on any atom is -0.378 e. The molecule has 1 aromatic heterocycles. The van der Waals surface area contributed by atoms with Gasteiger partial charge in [-0.3, -0.25) is 0 Å². The second kappa shape index (κ2) is 8.15. The van der Waals surface area contributed by atoms with E-state index in [1.165, 1.54) is 0 Å². The van der Waals surface area contributed by atoms with Gasteiger partial charge in [0.2, 0.25) is 10.0 Å². The maximum absolute atomic E-state index is 12.2. The van der Waals surface area contributed by atoms with Crippen molar-refractivity contribution in [3.8, 4) is 0 Å². The van der Waals surface area contributed by atoms with Crippen LogP contribution in [0.4, 0.5) is 5.69 Å². The lowest BCUT2D eigenvalue weighted by atomic mass is 9.91. The van der Waals surface area contributed by atoms with E-state index >= 15 is 0 Å². The molecule has 2 N–H and O–H groups in total. The van der Waals surface area contributed by atoms with Gasteiger partial charge >= 0.3 is 0 Å². The van der Waals surface area contributed by atoms with E-state index < -0.39 is 10.0 Å². The number of aromatic nitrogens is 1. The lowest BCUT2D eigenvalue weighted by Crippen LogP contribution is -2.30. The number of fused-ring (bicyclic) bond motifs is 1. The zero-order valence-corrected chi connectivity index (χ0v) is 16.9. The van der Waals surface area contributed by atoms with Crippen LogP contribution in [0.5, 0.6) is 0 Å². The van der Waals surface area contributed by atoms with Crippen molar-refractivity contribution in [3.05, 3.63) is 65.9 Å². The highest BCUT2D eigenvalue weighted by Crippen LogP contribution is 2.31. The van der Waals surface area contributed by atoms with Gasteiger partial charge in [0.15, 0.2) is 0 Å². The topological polar surface area (TPSA) is 65.2 Å². The number of nitrogens with zero attached hydrogens (tertiary/aromatic N) is 1. The quantitative estimate of drug-likeness (QED) is 0.621. The SMILES string of the molecule is CCCS(=O)(=O)NCC(c1ccc(N(C)C)cc1)c1c[nH]c2ccccc12. The molecule has 3 rings (SSSR count). The van der Waals surface area contributed by atoms with Gasteiger partial charge in [-0.25, -0.2) is 13.1 Å². The minimum absolute atomic E-state index is 0.0657. The van der Waals surface area contributed by atoms with E-state index in [-0.39, 0.29) is 11.7 Å². The largest absolute Gasteiger partial charge is 0.378 e. The average Bonchev–Trinajstić information content (AvgIpc) is 3.06. The van der Waals surface area contributed by atoms with Crippen LogP contribution in [0.3, 0.4) is 0 Å². The molecule has 0 bridgehead atoms. The Morgan fingerprint density at radius 2 is 1.78 bits per heavy atom. The van der Waals surface area contributed by atoms with Crippen LogP contribution in [0, 0.1) is 0 Å². The van der Waals surface area contributed by atoms with Crippen LogP contribution in [-0.4, -0.2) is 39.8 Å². The molecule has 0 aliphatic carbocycles. The standard InChI is InChI=1S/C21H27N3O2S/c1-4-13-27(25,26)23-15-19(16-9-11-17(12-10-16)24(2)3)20-14-22-21-8-6-5-7-18(20)21/h5-12,14,19,22-23H,4,13,15H2,1-3H3. The van der Waals surface area contributed by atoms with Crippen molar-refractivity contribution in [3.63, 3.8) is 0 Å². The number of hydrogen-bond donors (Lipinski definition) is 2. The second-order valence-electron chi connectivity index (χ2n) is 7.00. The molecule has 0 fully saturated rings. The Morgan fingerprint density at radius 3 is 2.44 bits per heavy atom. The normalized spacial score (nSPS) is 13.0. The highest BCUT2D eigenvalue weighted by atomic mass is 32.2. The number of para-hydroxylation sites is 1. The van der Waals surface area contributed by atoms with E-state index in [4.69, 9.17) is 0 Å². The molecule has 3 aromatic rings. The molecule has 0 aliphatic heterocycles. The third-order valence-electron chi connectivity index (χ3n) is 4.79. The Kier molecular flexibility index (Phi) is 5.87. The van der Waals surface area contributed by atoms with Gasteiger partial charge in [-0.2, -0.15) is 0 Å². The van der Waals surface area contributed by atoms with Crippen molar-refractivity contribution in [2.75, 3.05) is 31.3 Å². The molecule has 5 nitrogen and oxygen atoms in total. The number of sulfonamides is 1. The predicted octanol–water partition coefficient (Wildman–Crippen LogP) is 3.70. The smallest absolute Gasteiger partial charge is 0.211 e. The molecule has 27 heavy (non-hydrogen) atoms. The third-order valence-corrected chi connectivity index (χ3v) is 6.34. The number of nitrogens with one attached hydrogen (secondary N) is 2. The summed E-state index contributed by atoms with van der Waals surface area (Å²) < 4.78 is 27.2. The fourth-order valence-corrected chi connectivity index (χ4v) is 4.45. The van der Waals surface area contributed by atoms with Crippen LogP contribution >= 0.6 is 0 Å². The van der Waals surface area contributed by atoms with Crippen molar-refractivity contribution < 1.29 is 8.42 Å². The van der Waals surface area contributed by atoms with E-state index in [0.717, 1.165) is 27.7 Å². The van der Waals surface area contributed by atoms with Gasteiger partial charge in [0.05, 0.1) is 5.75 Å². The first-order valence-corrected chi connectivity index (χ1v) is 10.9. The van der Waals surface area contributed by atoms with E-state index in [2.05, 4.69) is 44.9 Å². The number of hydrogen-bond acceptors (Lipinski definition) is 3. The first-order valence-electron chi connectivity index (χ1n) is 9.22. The average molecular weight is 386 g/mol. The summed E-state index contributed by atoms with van der Waals surface area (Å²) in [5.41, 5.74) is 4.36. The Bertz CT molecular complexity index is 992. The number of H-pyrrole nitrogens is 1.